The summed E-state index contributed by atoms with van der Waals surface area (Å²) in [5, 5.41) is 0. The van der Waals surface area contributed by atoms with Gasteiger partial charge in [-0.25, -0.2) is 0 Å². The van der Waals surface area contributed by atoms with Crippen LogP contribution in [0.25, 0.3) is 11.1 Å². The third kappa shape index (κ3) is 3.24. The Bertz CT molecular complexity index is 526. The van der Waals surface area contributed by atoms with Crippen LogP contribution in [0.15, 0.2) is 48.5 Å². The van der Waals surface area contributed by atoms with Gasteiger partial charge < -0.3 is 5.73 Å². The van der Waals surface area contributed by atoms with Gasteiger partial charge in [0.1, 0.15) is 0 Å². The number of benzene rings is 2. The van der Waals surface area contributed by atoms with Crippen molar-refractivity contribution >= 4 is 0 Å². The van der Waals surface area contributed by atoms with Crippen molar-refractivity contribution in [3.8, 4) is 11.1 Å². The largest absolute Gasteiger partial charge is 0.324 e. The fourth-order valence-corrected chi connectivity index (χ4v) is 2.25. The zero-order valence-electron chi connectivity index (χ0n) is 12.1. The maximum atomic E-state index is 6.11. The van der Waals surface area contributed by atoms with Crippen molar-refractivity contribution in [1.29, 1.82) is 0 Å². The predicted octanol–water partition coefficient (Wildman–Crippen LogP) is 4.89. The molecule has 1 atom stereocenters. The molecule has 0 saturated carbocycles. The third-order valence-corrected chi connectivity index (χ3v) is 3.67. The van der Waals surface area contributed by atoms with Gasteiger partial charge in [-0.1, -0.05) is 63.2 Å². The molecule has 0 heterocycles. The minimum Gasteiger partial charge on any atom is -0.324 e. The molecule has 2 N–H and O–H groups in total. The summed E-state index contributed by atoms with van der Waals surface area (Å²) in [6, 6.07) is 17.5. The molecule has 0 spiro atoms. The molecule has 0 aliphatic carbocycles. The van der Waals surface area contributed by atoms with Gasteiger partial charge in [0.05, 0.1) is 0 Å². The van der Waals surface area contributed by atoms with Gasteiger partial charge in [-0.2, -0.15) is 0 Å². The Kier molecular flexibility index (Phi) is 4.39. The first-order valence-electron chi connectivity index (χ1n) is 7.07. The van der Waals surface area contributed by atoms with Gasteiger partial charge in [0.15, 0.2) is 0 Å². The molecule has 100 valence electrons. The van der Waals surface area contributed by atoms with Crippen molar-refractivity contribution in [2.24, 2.45) is 5.73 Å². The summed E-state index contributed by atoms with van der Waals surface area (Å²) in [7, 11) is 0. The third-order valence-electron chi connectivity index (χ3n) is 3.67. The minimum absolute atomic E-state index is 0.134. The van der Waals surface area contributed by atoms with E-state index >= 15 is 0 Å². The second-order valence-electron chi connectivity index (χ2n) is 5.42. The van der Waals surface area contributed by atoms with Crippen LogP contribution in [-0.4, -0.2) is 0 Å². The summed E-state index contributed by atoms with van der Waals surface area (Å²) in [5.41, 5.74) is 11.2. The minimum atomic E-state index is 0.134. The summed E-state index contributed by atoms with van der Waals surface area (Å²) in [5.74, 6) is 0.578. The van der Waals surface area contributed by atoms with Crippen LogP contribution < -0.4 is 5.73 Å². The highest BCUT2D eigenvalue weighted by atomic mass is 14.6. The SMILES string of the molecule is CCC(N)c1cccc(-c2ccc(C(C)C)cc2)c1. The molecular weight excluding hydrogens is 230 g/mol. The van der Waals surface area contributed by atoms with Crippen molar-refractivity contribution in [3.05, 3.63) is 59.7 Å². The number of hydrogen-bond donors (Lipinski definition) is 1. The molecule has 0 fully saturated rings. The molecular formula is C18H23N. The van der Waals surface area contributed by atoms with Crippen LogP contribution in [0.3, 0.4) is 0 Å². The first-order chi connectivity index (χ1) is 9.11. The molecule has 0 amide bonds. The number of rotatable bonds is 4. The molecule has 1 nitrogen and oxygen atoms in total. The lowest BCUT2D eigenvalue weighted by Crippen LogP contribution is -2.08. The highest BCUT2D eigenvalue weighted by Crippen LogP contribution is 2.25. The normalized spacial score (nSPS) is 12.7. The van der Waals surface area contributed by atoms with Crippen LogP contribution in [-0.2, 0) is 0 Å². The van der Waals surface area contributed by atoms with E-state index in [1.807, 2.05) is 0 Å². The molecule has 0 saturated heterocycles. The van der Waals surface area contributed by atoms with Gasteiger partial charge >= 0.3 is 0 Å². The Labute approximate surface area is 116 Å². The highest BCUT2D eigenvalue weighted by Gasteiger charge is 2.05. The molecule has 0 aliphatic heterocycles. The summed E-state index contributed by atoms with van der Waals surface area (Å²) in [6.07, 6.45) is 0.968. The zero-order valence-corrected chi connectivity index (χ0v) is 12.1. The standard InChI is InChI=1S/C18H23N/c1-4-18(19)17-7-5-6-16(12-17)15-10-8-14(9-11-15)13(2)3/h5-13,18H,4,19H2,1-3H3. The van der Waals surface area contributed by atoms with Crippen molar-refractivity contribution < 1.29 is 0 Å². The van der Waals surface area contributed by atoms with Crippen LogP contribution in [0, 0.1) is 0 Å². The van der Waals surface area contributed by atoms with Gasteiger partial charge in [-0.15, -0.1) is 0 Å². The van der Waals surface area contributed by atoms with Crippen LogP contribution >= 0.6 is 0 Å². The summed E-state index contributed by atoms with van der Waals surface area (Å²) >= 11 is 0. The van der Waals surface area contributed by atoms with Crippen LogP contribution in [0.1, 0.15) is 50.3 Å². The van der Waals surface area contributed by atoms with Gasteiger partial charge in [0, 0.05) is 6.04 Å². The van der Waals surface area contributed by atoms with E-state index in [1.165, 1.54) is 22.3 Å². The van der Waals surface area contributed by atoms with E-state index in [0.29, 0.717) is 5.92 Å². The molecule has 0 aromatic heterocycles. The average molecular weight is 253 g/mol. The fourth-order valence-electron chi connectivity index (χ4n) is 2.25. The second kappa shape index (κ2) is 6.03. The molecule has 19 heavy (non-hydrogen) atoms. The predicted molar refractivity (Wildman–Crippen MR) is 83.2 cm³/mol. The zero-order chi connectivity index (χ0) is 13.8. The maximum Gasteiger partial charge on any atom is 0.0292 e. The Morgan fingerprint density at radius 1 is 0.895 bits per heavy atom. The van der Waals surface area contributed by atoms with Gasteiger partial charge in [0.25, 0.3) is 0 Å². The topological polar surface area (TPSA) is 26.0 Å². The first kappa shape index (κ1) is 13.8. The molecule has 0 radical (unpaired) electrons. The maximum absolute atomic E-state index is 6.11. The van der Waals surface area contributed by atoms with E-state index in [-0.39, 0.29) is 6.04 Å². The summed E-state index contributed by atoms with van der Waals surface area (Å²) in [6.45, 7) is 6.56. The number of hydrogen-bond acceptors (Lipinski definition) is 1. The molecule has 2 aromatic carbocycles. The number of nitrogens with two attached hydrogens (primary N) is 1. The molecule has 1 unspecified atom stereocenters. The average Bonchev–Trinajstić information content (AvgIpc) is 2.46. The van der Waals surface area contributed by atoms with Crippen molar-refractivity contribution in [3.63, 3.8) is 0 Å². The lowest BCUT2D eigenvalue weighted by atomic mass is 9.96. The van der Waals surface area contributed by atoms with E-state index in [1.54, 1.807) is 0 Å². The highest BCUT2D eigenvalue weighted by molar-refractivity contribution is 5.64. The van der Waals surface area contributed by atoms with Crippen LogP contribution in [0.2, 0.25) is 0 Å². The van der Waals surface area contributed by atoms with E-state index < -0.39 is 0 Å². The van der Waals surface area contributed by atoms with Gasteiger partial charge in [0.2, 0.25) is 0 Å². The van der Waals surface area contributed by atoms with Crippen molar-refractivity contribution in [1.82, 2.24) is 0 Å². The molecule has 0 bridgehead atoms. The Balaban J connectivity index is 2.31. The van der Waals surface area contributed by atoms with Crippen molar-refractivity contribution in [2.75, 3.05) is 0 Å². The lowest BCUT2D eigenvalue weighted by Gasteiger charge is -2.12. The van der Waals surface area contributed by atoms with Crippen molar-refractivity contribution in [2.45, 2.75) is 39.2 Å². The van der Waals surface area contributed by atoms with Crippen LogP contribution in [0.5, 0.6) is 0 Å². The monoisotopic (exact) mass is 253 g/mol. The Morgan fingerprint density at radius 2 is 1.58 bits per heavy atom. The van der Waals surface area contributed by atoms with Gasteiger partial charge in [-0.3, -0.25) is 0 Å². The Morgan fingerprint density at radius 3 is 2.16 bits per heavy atom. The Hall–Kier alpha value is -1.60. The van der Waals surface area contributed by atoms with Crippen LogP contribution in [0.4, 0.5) is 0 Å². The first-order valence-corrected chi connectivity index (χ1v) is 7.07. The second-order valence-corrected chi connectivity index (χ2v) is 5.42. The fraction of sp³-hybridized carbons (Fsp3) is 0.333. The van der Waals surface area contributed by atoms with E-state index in [9.17, 15) is 0 Å². The quantitative estimate of drug-likeness (QED) is 0.825. The van der Waals surface area contributed by atoms with E-state index in [0.717, 1.165) is 6.42 Å². The van der Waals surface area contributed by atoms with Gasteiger partial charge in [-0.05, 0) is 40.7 Å². The smallest absolute Gasteiger partial charge is 0.0292 e. The molecule has 2 rings (SSSR count). The lowest BCUT2D eigenvalue weighted by molar-refractivity contribution is 0.699. The summed E-state index contributed by atoms with van der Waals surface area (Å²) < 4.78 is 0. The van der Waals surface area contributed by atoms with E-state index in [4.69, 9.17) is 5.73 Å². The molecule has 0 aliphatic rings. The molecule has 1 heteroatoms. The van der Waals surface area contributed by atoms with E-state index in [2.05, 4.69) is 69.3 Å². The molecule has 2 aromatic rings. The summed E-state index contributed by atoms with van der Waals surface area (Å²) in [4.78, 5) is 0.